The molecule has 0 aliphatic carbocycles. The second-order valence-electron chi connectivity index (χ2n) is 4.69. The molecule has 118 valence electrons. The highest BCUT2D eigenvalue weighted by molar-refractivity contribution is 7.91. The first kappa shape index (κ1) is 17.5. The van der Waals surface area contributed by atoms with Crippen LogP contribution in [0.5, 0.6) is 5.75 Å². The Morgan fingerprint density at radius 1 is 1.33 bits per heavy atom. The number of benzene rings is 1. The zero-order chi connectivity index (χ0) is 16.0. The van der Waals surface area contributed by atoms with Gasteiger partial charge in [0.1, 0.15) is 11.5 Å². The second kappa shape index (κ2) is 7.42. The Labute approximate surface area is 125 Å². The molecule has 0 aliphatic rings. The maximum absolute atomic E-state index is 12.0. The average Bonchev–Trinajstić information content (AvgIpc) is 2.45. The highest BCUT2D eigenvalue weighted by atomic mass is 32.2. The molecule has 1 aromatic carbocycles. The molecule has 0 aliphatic heterocycles. The summed E-state index contributed by atoms with van der Waals surface area (Å²) in [5.41, 5.74) is 1.47. The summed E-state index contributed by atoms with van der Waals surface area (Å²) in [7, 11) is 0.859. The Bertz CT molecular complexity index is 597. The summed E-state index contributed by atoms with van der Waals surface area (Å²) in [6.45, 7) is 1.97. The van der Waals surface area contributed by atoms with Crippen LogP contribution in [0.15, 0.2) is 18.2 Å². The molecule has 0 fully saturated rings. The van der Waals surface area contributed by atoms with Gasteiger partial charge in [0.2, 0.25) is 0 Å². The van der Waals surface area contributed by atoms with Crippen molar-refractivity contribution in [1.29, 1.82) is 0 Å². The lowest BCUT2D eigenvalue weighted by Gasteiger charge is -2.15. The maximum atomic E-state index is 12.0. The molecule has 1 N–H and O–H groups in total. The topological polar surface area (TPSA) is 81.7 Å². The molecule has 1 aromatic rings. The second-order valence-corrected chi connectivity index (χ2v) is 6.75. The largest absolute Gasteiger partial charge is 0.496 e. The Kier molecular flexibility index (Phi) is 6.17. The summed E-state index contributed by atoms with van der Waals surface area (Å²) in [6.07, 6.45) is 0. The molecule has 0 radical (unpaired) electrons. The fourth-order valence-corrected chi connectivity index (χ4v) is 3.15. The van der Waals surface area contributed by atoms with Crippen LogP contribution in [0.1, 0.15) is 24.1 Å². The van der Waals surface area contributed by atoms with E-state index in [9.17, 15) is 13.2 Å². The highest BCUT2D eigenvalue weighted by Crippen LogP contribution is 2.25. The van der Waals surface area contributed by atoms with Gasteiger partial charge in [0, 0.05) is 11.6 Å². The summed E-state index contributed by atoms with van der Waals surface area (Å²) in [6, 6.07) is 5.45. The Balaban J connectivity index is 3.07. The number of carbonyl (C=O) groups excluding carboxylic acids is 1. The Hall–Kier alpha value is -1.60. The van der Waals surface area contributed by atoms with E-state index >= 15 is 0 Å². The van der Waals surface area contributed by atoms with Gasteiger partial charge in [-0.3, -0.25) is 4.79 Å². The van der Waals surface area contributed by atoms with E-state index in [1.54, 1.807) is 12.1 Å². The molecule has 0 spiro atoms. The van der Waals surface area contributed by atoms with Gasteiger partial charge in [-0.05, 0) is 31.7 Å². The van der Waals surface area contributed by atoms with Crippen LogP contribution >= 0.6 is 0 Å². The van der Waals surface area contributed by atoms with Gasteiger partial charge >= 0.3 is 5.97 Å². The molecule has 0 saturated carbocycles. The fourth-order valence-electron chi connectivity index (χ4n) is 1.87. The van der Waals surface area contributed by atoms with Gasteiger partial charge in [-0.25, -0.2) is 8.42 Å². The minimum Gasteiger partial charge on any atom is -0.496 e. The molecular formula is C14H21NO5S. The predicted molar refractivity (Wildman–Crippen MR) is 80.0 cm³/mol. The molecule has 0 heterocycles. The molecular weight excluding hydrogens is 294 g/mol. The summed E-state index contributed by atoms with van der Waals surface area (Å²) >= 11 is 0. The molecule has 7 heteroatoms. The molecule has 0 amide bonds. The monoisotopic (exact) mass is 315 g/mol. The van der Waals surface area contributed by atoms with E-state index in [-0.39, 0.29) is 11.8 Å². The van der Waals surface area contributed by atoms with Crippen LogP contribution in [0.25, 0.3) is 0 Å². The lowest BCUT2D eigenvalue weighted by molar-refractivity contribution is -0.137. The number of hydrogen-bond acceptors (Lipinski definition) is 6. The first-order chi connectivity index (χ1) is 9.82. The summed E-state index contributed by atoms with van der Waals surface area (Å²) in [4.78, 5) is 11.2. The first-order valence-corrected chi connectivity index (χ1v) is 8.26. The van der Waals surface area contributed by atoms with Crippen LogP contribution in [-0.2, 0) is 25.1 Å². The van der Waals surface area contributed by atoms with Gasteiger partial charge in [-0.15, -0.1) is 0 Å². The van der Waals surface area contributed by atoms with Crippen molar-refractivity contribution in [2.45, 2.75) is 18.7 Å². The predicted octanol–water partition coefficient (Wildman–Crippen LogP) is 1.06. The zero-order valence-corrected chi connectivity index (χ0v) is 13.5. The van der Waals surface area contributed by atoms with Crippen molar-refractivity contribution >= 4 is 15.8 Å². The first-order valence-electron chi connectivity index (χ1n) is 6.44. The minimum atomic E-state index is -3.60. The molecule has 0 aromatic heterocycles. The zero-order valence-electron chi connectivity index (χ0n) is 12.7. The van der Waals surface area contributed by atoms with Gasteiger partial charge in [-0.1, -0.05) is 6.07 Å². The lowest BCUT2D eigenvalue weighted by atomic mass is 10.1. The number of esters is 1. The number of rotatable bonds is 7. The quantitative estimate of drug-likeness (QED) is 0.758. The summed E-state index contributed by atoms with van der Waals surface area (Å²) < 4.78 is 33.6. The number of carbonyl (C=O) groups is 1. The van der Waals surface area contributed by atoms with E-state index in [0.29, 0.717) is 11.3 Å². The van der Waals surface area contributed by atoms with Crippen molar-refractivity contribution < 1.29 is 22.7 Å². The van der Waals surface area contributed by atoms with Gasteiger partial charge < -0.3 is 14.8 Å². The van der Waals surface area contributed by atoms with Crippen LogP contribution < -0.4 is 10.1 Å². The molecule has 0 saturated heterocycles. The molecule has 21 heavy (non-hydrogen) atoms. The third kappa shape index (κ3) is 5.02. The van der Waals surface area contributed by atoms with Crippen LogP contribution in [0.4, 0.5) is 0 Å². The molecule has 0 bridgehead atoms. The van der Waals surface area contributed by atoms with Gasteiger partial charge in [0.05, 0.1) is 20.0 Å². The van der Waals surface area contributed by atoms with E-state index in [1.807, 2.05) is 20.0 Å². The summed E-state index contributed by atoms with van der Waals surface area (Å²) in [5.74, 6) is -1.20. The van der Waals surface area contributed by atoms with Crippen LogP contribution in [0.3, 0.4) is 0 Å². The highest BCUT2D eigenvalue weighted by Gasteiger charge is 2.20. The van der Waals surface area contributed by atoms with Crippen LogP contribution in [-0.4, -0.2) is 41.4 Å². The normalized spacial score (nSPS) is 12.8. The smallest absolute Gasteiger partial charge is 0.320 e. The lowest BCUT2D eigenvalue weighted by Crippen LogP contribution is -2.19. The molecule has 1 atom stereocenters. The van der Waals surface area contributed by atoms with Crippen molar-refractivity contribution in [2.75, 3.05) is 27.0 Å². The minimum absolute atomic E-state index is 0.0815. The van der Waals surface area contributed by atoms with Crippen LogP contribution in [0.2, 0.25) is 0 Å². The Morgan fingerprint density at radius 2 is 2.00 bits per heavy atom. The number of hydrogen-bond donors (Lipinski definition) is 1. The molecule has 1 rings (SSSR count). The van der Waals surface area contributed by atoms with E-state index in [1.165, 1.54) is 7.11 Å². The third-order valence-electron chi connectivity index (χ3n) is 3.18. The third-order valence-corrected chi connectivity index (χ3v) is 4.60. The van der Waals surface area contributed by atoms with E-state index in [4.69, 9.17) is 4.74 Å². The number of nitrogens with one attached hydrogen (secondary N) is 1. The van der Waals surface area contributed by atoms with Crippen LogP contribution in [0, 0.1) is 0 Å². The van der Waals surface area contributed by atoms with Gasteiger partial charge in [0.25, 0.3) is 0 Å². The van der Waals surface area contributed by atoms with Crippen molar-refractivity contribution in [3.8, 4) is 5.75 Å². The number of methoxy groups -OCH3 is 2. The average molecular weight is 315 g/mol. The van der Waals surface area contributed by atoms with Gasteiger partial charge in [-0.2, -0.15) is 0 Å². The molecule has 1 unspecified atom stereocenters. The van der Waals surface area contributed by atoms with Crippen molar-refractivity contribution in [3.63, 3.8) is 0 Å². The fraction of sp³-hybridized carbons (Fsp3) is 0.500. The maximum Gasteiger partial charge on any atom is 0.320 e. The Morgan fingerprint density at radius 3 is 2.52 bits per heavy atom. The summed E-state index contributed by atoms with van der Waals surface area (Å²) in [5, 5.41) is 3.09. The van der Waals surface area contributed by atoms with Crippen molar-refractivity contribution in [2.24, 2.45) is 0 Å². The van der Waals surface area contributed by atoms with E-state index in [0.717, 1.165) is 12.7 Å². The van der Waals surface area contributed by atoms with Crippen molar-refractivity contribution in [1.82, 2.24) is 5.32 Å². The SMILES string of the molecule is CNC(C)c1ccc(OC)c(CS(=O)(=O)CC(=O)OC)c1. The number of sulfone groups is 1. The van der Waals surface area contributed by atoms with E-state index in [2.05, 4.69) is 10.1 Å². The van der Waals surface area contributed by atoms with E-state index < -0.39 is 21.6 Å². The number of ether oxygens (including phenoxy) is 2. The van der Waals surface area contributed by atoms with Gasteiger partial charge in [0.15, 0.2) is 9.84 Å². The molecule has 6 nitrogen and oxygen atoms in total. The van der Waals surface area contributed by atoms with Crippen molar-refractivity contribution in [3.05, 3.63) is 29.3 Å². The standard InChI is InChI=1S/C14H21NO5S/c1-10(15-2)11-5-6-13(19-3)12(7-11)8-21(17,18)9-14(16)20-4/h5-7,10,15H,8-9H2,1-4H3.